The SMILES string of the molecule is C=C[C@H](O)[C@@H](O)CC(C)[C@H](C)O. The van der Waals surface area contributed by atoms with Gasteiger partial charge in [-0.05, 0) is 19.3 Å². The van der Waals surface area contributed by atoms with Crippen molar-refractivity contribution in [2.45, 2.75) is 38.6 Å². The molecule has 0 aromatic rings. The van der Waals surface area contributed by atoms with Crippen molar-refractivity contribution >= 4 is 0 Å². The first-order valence-corrected chi connectivity index (χ1v) is 4.15. The summed E-state index contributed by atoms with van der Waals surface area (Å²) in [6, 6.07) is 0. The first-order valence-electron chi connectivity index (χ1n) is 4.15. The van der Waals surface area contributed by atoms with E-state index >= 15 is 0 Å². The molecule has 0 aliphatic carbocycles. The van der Waals surface area contributed by atoms with Crippen LogP contribution in [-0.4, -0.2) is 33.6 Å². The van der Waals surface area contributed by atoms with E-state index in [0.29, 0.717) is 6.42 Å². The average Bonchev–Trinajstić information content (AvgIpc) is 2.02. The molecule has 0 rings (SSSR count). The van der Waals surface area contributed by atoms with Gasteiger partial charge in [-0.1, -0.05) is 13.0 Å². The van der Waals surface area contributed by atoms with Crippen molar-refractivity contribution in [3.05, 3.63) is 12.7 Å². The second kappa shape index (κ2) is 5.30. The maximum Gasteiger partial charge on any atom is 0.0977 e. The van der Waals surface area contributed by atoms with E-state index in [1.54, 1.807) is 6.92 Å². The van der Waals surface area contributed by atoms with Crippen molar-refractivity contribution in [2.24, 2.45) is 5.92 Å². The Kier molecular flexibility index (Phi) is 5.13. The Bertz CT molecular complexity index is 134. The molecule has 3 N–H and O–H groups in total. The second-order valence-electron chi connectivity index (χ2n) is 3.25. The minimum atomic E-state index is -0.897. The highest BCUT2D eigenvalue weighted by atomic mass is 16.3. The summed E-state index contributed by atoms with van der Waals surface area (Å²) in [5.74, 6) is -0.0189. The van der Waals surface area contributed by atoms with Gasteiger partial charge in [-0.3, -0.25) is 0 Å². The largest absolute Gasteiger partial charge is 0.393 e. The molecule has 3 nitrogen and oxygen atoms in total. The van der Waals surface area contributed by atoms with Crippen molar-refractivity contribution in [3.8, 4) is 0 Å². The molecule has 4 atom stereocenters. The van der Waals surface area contributed by atoms with Crippen LogP contribution in [0.2, 0.25) is 0 Å². The van der Waals surface area contributed by atoms with Gasteiger partial charge in [0.2, 0.25) is 0 Å². The molecule has 0 aliphatic heterocycles. The van der Waals surface area contributed by atoms with E-state index in [0.717, 1.165) is 0 Å². The molecule has 72 valence electrons. The third kappa shape index (κ3) is 3.85. The fourth-order valence-electron chi connectivity index (χ4n) is 0.874. The maximum atomic E-state index is 9.30. The van der Waals surface area contributed by atoms with Gasteiger partial charge in [-0.2, -0.15) is 0 Å². The summed E-state index contributed by atoms with van der Waals surface area (Å²) in [6.07, 6.45) is -0.514. The number of aliphatic hydroxyl groups is 3. The zero-order valence-corrected chi connectivity index (χ0v) is 7.64. The predicted molar refractivity (Wildman–Crippen MR) is 47.7 cm³/mol. The van der Waals surface area contributed by atoms with Gasteiger partial charge in [-0.15, -0.1) is 6.58 Å². The van der Waals surface area contributed by atoms with Gasteiger partial charge >= 0.3 is 0 Å². The Labute approximate surface area is 73.4 Å². The van der Waals surface area contributed by atoms with Gasteiger partial charge in [-0.25, -0.2) is 0 Å². The van der Waals surface area contributed by atoms with E-state index < -0.39 is 18.3 Å². The summed E-state index contributed by atoms with van der Waals surface area (Å²) in [7, 11) is 0. The van der Waals surface area contributed by atoms with E-state index in [-0.39, 0.29) is 5.92 Å². The fourth-order valence-corrected chi connectivity index (χ4v) is 0.874. The summed E-state index contributed by atoms with van der Waals surface area (Å²) in [4.78, 5) is 0. The fraction of sp³-hybridized carbons (Fsp3) is 0.778. The smallest absolute Gasteiger partial charge is 0.0977 e. The maximum absolute atomic E-state index is 9.30. The Balaban J connectivity index is 3.82. The van der Waals surface area contributed by atoms with Crippen LogP contribution in [0, 0.1) is 5.92 Å². The van der Waals surface area contributed by atoms with E-state index in [2.05, 4.69) is 6.58 Å². The highest BCUT2D eigenvalue weighted by Gasteiger charge is 2.18. The van der Waals surface area contributed by atoms with Crippen molar-refractivity contribution in [2.75, 3.05) is 0 Å². The highest BCUT2D eigenvalue weighted by Crippen LogP contribution is 2.13. The third-order valence-electron chi connectivity index (χ3n) is 2.07. The van der Waals surface area contributed by atoms with Crippen LogP contribution in [0.5, 0.6) is 0 Å². The zero-order chi connectivity index (χ0) is 9.72. The standard InChI is InChI=1S/C9H18O3/c1-4-8(11)9(12)5-6(2)7(3)10/h4,6-12H,1,5H2,2-3H3/t6?,7-,8-,9-/m0/s1. The van der Waals surface area contributed by atoms with Gasteiger partial charge < -0.3 is 15.3 Å². The molecular weight excluding hydrogens is 156 g/mol. The first-order chi connectivity index (χ1) is 5.49. The van der Waals surface area contributed by atoms with Crippen molar-refractivity contribution in [1.29, 1.82) is 0 Å². The molecular formula is C9H18O3. The summed E-state index contributed by atoms with van der Waals surface area (Å²) >= 11 is 0. The summed E-state index contributed by atoms with van der Waals surface area (Å²) in [6.45, 7) is 6.85. The normalized spacial score (nSPS) is 21.1. The second-order valence-corrected chi connectivity index (χ2v) is 3.25. The van der Waals surface area contributed by atoms with Gasteiger partial charge in [0.05, 0.1) is 18.3 Å². The lowest BCUT2D eigenvalue weighted by Crippen LogP contribution is -2.28. The predicted octanol–water partition coefficient (Wildman–Crippen LogP) is 0.301. The molecule has 0 bridgehead atoms. The van der Waals surface area contributed by atoms with Crippen LogP contribution < -0.4 is 0 Å². The average molecular weight is 174 g/mol. The van der Waals surface area contributed by atoms with Crippen LogP contribution >= 0.6 is 0 Å². The van der Waals surface area contributed by atoms with E-state index in [9.17, 15) is 5.11 Å². The van der Waals surface area contributed by atoms with Gasteiger partial charge in [0.15, 0.2) is 0 Å². The molecule has 0 spiro atoms. The molecule has 0 fully saturated rings. The summed E-state index contributed by atoms with van der Waals surface area (Å²) in [5.41, 5.74) is 0. The molecule has 0 saturated heterocycles. The van der Waals surface area contributed by atoms with Crippen molar-refractivity contribution in [3.63, 3.8) is 0 Å². The van der Waals surface area contributed by atoms with Crippen molar-refractivity contribution < 1.29 is 15.3 Å². The molecule has 12 heavy (non-hydrogen) atoms. The Morgan fingerprint density at radius 1 is 1.25 bits per heavy atom. The monoisotopic (exact) mass is 174 g/mol. The molecule has 3 heteroatoms. The number of hydrogen-bond donors (Lipinski definition) is 3. The van der Waals surface area contributed by atoms with Crippen LogP contribution in [0.3, 0.4) is 0 Å². The third-order valence-corrected chi connectivity index (χ3v) is 2.07. The summed E-state index contributed by atoms with van der Waals surface area (Å²) < 4.78 is 0. The Morgan fingerprint density at radius 2 is 1.75 bits per heavy atom. The van der Waals surface area contributed by atoms with Crippen LogP contribution in [0.1, 0.15) is 20.3 Å². The Hall–Kier alpha value is -0.380. The van der Waals surface area contributed by atoms with Crippen LogP contribution in [0.25, 0.3) is 0 Å². The molecule has 0 aromatic heterocycles. The molecule has 0 heterocycles. The van der Waals surface area contributed by atoms with Gasteiger partial charge in [0.25, 0.3) is 0 Å². The lowest BCUT2D eigenvalue weighted by molar-refractivity contribution is 0.0150. The summed E-state index contributed by atoms with van der Waals surface area (Å²) in [5, 5.41) is 27.5. The molecule has 1 unspecified atom stereocenters. The van der Waals surface area contributed by atoms with E-state index in [1.165, 1.54) is 6.08 Å². The zero-order valence-electron chi connectivity index (χ0n) is 7.64. The number of rotatable bonds is 5. The lowest BCUT2D eigenvalue weighted by Gasteiger charge is -2.20. The van der Waals surface area contributed by atoms with E-state index in [1.807, 2.05) is 6.92 Å². The quantitative estimate of drug-likeness (QED) is 0.525. The highest BCUT2D eigenvalue weighted by molar-refractivity contribution is 4.85. The molecule has 0 aromatic carbocycles. The minimum absolute atomic E-state index is 0.0189. The molecule has 0 saturated carbocycles. The van der Waals surface area contributed by atoms with Crippen molar-refractivity contribution in [1.82, 2.24) is 0 Å². The molecule has 0 radical (unpaired) electrons. The van der Waals surface area contributed by atoms with Crippen LogP contribution in [0.15, 0.2) is 12.7 Å². The number of aliphatic hydroxyl groups excluding tert-OH is 3. The first kappa shape index (κ1) is 11.6. The minimum Gasteiger partial charge on any atom is -0.393 e. The number of hydrogen-bond acceptors (Lipinski definition) is 3. The van der Waals surface area contributed by atoms with Gasteiger partial charge in [0, 0.05) is 0 Å². The van der Waals surface area contributed by atoms with E-state index in [4.69, 9.17) is 10.2 Å². The molecule has 0 amide bonds. The Morgan fingerprint density at radius 3 is 2.08 bits per heavy atom. The topological polar surface area (TPSA) is 60.7 Å². The molecule has 0 aliphatic rings. The van der Waals surface area contributed by atoms with Crippen LogP contribution in [0.4, 0.5) is 0 Å². The van der Waals surface area contributed by atoms with Gasteiger partial charge in [0.1, 0.15) is 0 Å². The van der Waals surface area contributed by atoms with Crippen LogP contribution in [-0.2, 0) is 0 Å². The lowest BCUT2D eigenvalue weighted by atomic mass is 9.96.